The Kier molecular flexibility index (Phi) is 4.73. The standard InChI is InChI=1S/C26H28FN7OS/c1-15(2)33-22(35)18-12-28-23(30-17-3-4-19-16(11-17)5-10-29-26(19)8-9-26)32-21(18)34(33)24-31-20(13-36-24)25(14-27)6-7-25/h3-4,11-13,15,29H,5-10,14H2,1-2H3,(H,28,30,32). The molecule has 2 saturated carbocycles. The summed E-state index contributed by atoms with van der Waals surface area (Å²) < 4.78 is 17.1. The minimum absolute atomic E-state index is 0.115. The number of nitrogens with one attached hydrogen (secondary N) is 2. The lowest BCUT2D eigenvalue weighted by Gasteiger charge is -2.27. The molecule has 2 N–H and O–H groups in total. The van der Waals surface area contributed by atoms with Gasteiger partial charge in [0.2, 0.25) is 11.1 Å². The highest BCUT2D eigenvalue weighted by atomic mass is 32.1. The maximum absolute atomic E-state index is 13.7. The Morgan fingerprint density at radius 2 is 2.06 bits per heavy atom. The molecule has 186 valence electrons. The highest BCUT2D eigenvalue weighted by molar-refractivity contribution is 7.12. The zero-order valence-corrected chi connectivity index (χ0v) is 21.2. The molecule has 4 heterocycles. The summed E-state index contributed by atoms with van der Waals surface area (Å²) in [5, 5.41) is 9.98. The van der Waals surface area contributed by atoms with Gasteiger partial charge in [-0.05, 0) is 69.2 Å². The van der Waals surface area contributed by atoms with Gasteiger partial charge in [0.15, 0.2) is 5.65 Å². The van der Waals surface area contributed by atoms with Gasteiger partial charge in [-0.3, -0.25) is 9.18 Å². The van der Waals surface area contributed by atoms with Gasteiger partial charge in [-0.1, -0.05) is 6.07 Å². The fourth-order valence-electron chi connectivity index (χ4n) is 5.50. The molecule has 8 nitrogen and oxygen atoms in total. The number of anilines is 2. The fraction of sp³-hybridized carbons (Fsp3) is 0.462. The summed E-state index contributed by atoms with van der Waals surface area (Å²) in [6.07, 6.45) is 6.59. The molecule has 0 radical (unpaired) electrons. The number of rotatable bonds is 6. The van der Waals surface area contributed by atoms with Crippen LogP contribution in [-0.4, -0.2) is 37.5 Å². The third kappa shape index (κ3) is 3.27. The molecule has 1 aromatic carbocycles. The van der Waals surface area contributed by atoms with Crippen molar-refractivity contribution < 1.29 is 4.39 Å². The number of alkyl halides is 1. The Morgan fingerprint density at radius 1 is 1.22 bits per heavy atom. The van der Waals surface area contributed by atoms with E-state index in [-0.39, 0.29) is 17.1 Å². The van der Waals surface area contributed by atoms with Crippen molar-refractivity contribution in [3.05, 3.63) is 57.0 Å². The molecule has 2 fully saturated rings. The van der Waals surface area contributed by atoms with Crippen LogP contribution in [0.4, 0.5) is 16.0 Å². The summed E-state index contributed by atoms with van der Waals surface area (Å²) in [4.78, 5) is 27.3. The van der Waals surface area contributed by atoms with E-state index in [2.05, 4.69) is 33.8 Å². The van der Waals surface area contributed by atoms with E-state index in [1.807, 2.05) is 19.2 Å². The second-order valence-corrected chi connectivity index (χ2v) is 11.5. The van der Waals surface area contributed by atoms with Crippen LogP contribution in [0.2, 0.25) is 0 Å². The number of nitrogens with zero attached hydrogens (tertiary/aromatic N) is 5. The van der Waals surface area contributed by atoms with Gasteiger partial charge in [0, 0.05) is 40.8 Å². The van der Waals surface area contributed by atoms with E-state index in [9.17, 15) is 9.18 Å². The van der Waals surface area contributed by atoms with Crippen molar-refractivity contribution >= 4 is 34.0 Å². The molecular weight excluding hydrogens is 477 g/mol. The Morgan fingerprint density at radius 3 is 2.78 bits per heavy atom. The molecule has 10 heteroatoms. The van der Waals surface area contributed by atoms with Gasteiger partial charge in [-0.2, -0.15) is 4.98 Å². The second kappa shape index (κ2) is 7.69. The molecule has 0 bridgehead atoms. The van der Waals surface area contributed by atoms with E-state index < -0.39 is 12.1 Å². The van der Waals surface area contributed by atoms with Crippen LogP contribution < -0.4 is 16.2 Å². The lowest BCUT2D eigenvalue weighted by molar-refractivity contribution is 0.412. The number of benzene rings is 1. The Balaban J connectivity index is 1.29. The van der Waals surface area contributed by atoms with Gasteiger partial charge in [-0.15, -0.1) is 11.3 Å². The zero-order valence-electron chi connectivity index (χ0n) is 20.3. The molecular formula is C26H28FN7OS. The molecule has 0 atom stereocenters. The topological polar surface area (TPSA) is 89.7 Å². The maximum atomic E-state index is 13.7. The first-order valence-electron chi connectivity index (χ1n) is 12.6. The van der Waals surface area contributed by atoms with Gasteiger partial charge >= 0.3 is 0 Å². The van der Waals surface area contributed by atoms with Crippen molar-refractivity contribution in [2.75, 3.05) is 18.5 Å². The van der Waals surface area contributed by atoms with Crippen LogP contribution in [0.5, 0.6) is 0 Å². The summed E-state index contributed by atoms with van der Waals surface area (Å²) in [7, 11) is 0. The first kappa shape index (κ1) is 22.1. The minimum atomic E-state index is -0.455. The van der Waals surface area contributed by atoms with Crippen molar-refractivity contribution in [1.29, 1.82) is 0 Å². The van der Waals surface area contributed by atoms with Gasteiger partial charge < -0.3 is 10.6 Å². The highest BCUT2D eigenvalue weighted by Gasteiger charge is 2.47. The molecule has 4 aromatic rings. The van der Waals surface area contributed by atoms with Gasteiger partial charge in [0.05, 0.1) is 5.69 Å². The minimum Gasteiger partial charge on any atom is -0.324 e. The summed E-state index contributed by atoms with van der Waals surface area (Å²) in [5.74, 6) is 0.423. The third-order valence-electron chi connectivity index (χ3n) is 7.92. The van der Waals surface area contributed by atoms with Crippen LogP contribution in [0.15, 0.2) is 34.6 Å². The SMILES string of the molecule is CC(C)n1c(=O)c2cnc(Nc3ccc4c(c3)CCNC43CC3)nc2n1-c1nc(C2(CF)CC2)cs1. The predicted molar refractivity (Wildman–Crippen MR) is 138 cm³/mol. The fourth-order valence-corrected chi connectivity index (χ4v) is 6.45. The normalized spacial score (nSPS) is 19.1. The van der Waals surface area contributed by atoms with Gasteiger partial charge in [0.1, 0.15) is 12.1 Å². The number of aromatic nitrogens is 5. The van der Waals surface area contributed by atoms with Crippen LogP contribution in [-0.2, 0) is 17.4 Å². The quantitative estimate of drug-likeness (QED) is 0.401. The molecule has 0 unspecified atom stereocenters. The summed E-state index contributed by atoms with van der Waals surface area (Å²) in [6, 6.07) is 6.35. The van der Waals surface area contributed by atoms with Crippen molar-refractivity contribution in [3.63, 3.8) is 0 Å². The molecule has 7 rings (SSSR count). The molecule has 3 aromatic heterocycles. The molecule has 3 aliphatic rings. The van der Waals surface area contributed by atoms with E-state index >= 15 is 0 Å². The van der Waals surface area contributed by atoms with Crippen molar-refractivity contribution in [3.8, 4) is 5.13 Å². The summed E-state index contributed by atoms with van der Waals surface area (Å²) in [5.41, 5.74) is 4.52. The average molecular weight is 506 g/mol. The van der Waals surface area contributed by atoms with E-state index in [1.165, 1.54) is 35.3 Å². The van der Waals surface area contributed by atoms with Crippen LogP contribution in [0.25, 0.3) is 16.2 Å². The molecule has 0 saturated heterocycles. The van der Waals surface area contributed by atoms with Crippen molar-refractivity contribution in [1.82, 2.24) is 29.6 Å². The number of hydrogen-bond acceptors (Lipinski definition) is 7. The van der Waals surface area contributed by atoms with E-state index in [0.29, 0.717) is 22.1 Å². The van der Waals surface area contributed by atoms with Gasteiger partial charge in [-0.25, -0.2) is 19.3 Å². The number of hydrogen-bond donors (Lipinski definition) is 2. The smallest absolute Gasteiger partial charge is 0.278 e. The molecule has 1 spiro atoms. The predicted octanol–water partition coefficient (Wildman–Crippen LogP) is 4.50. The highest BCUT2D eigenvalue weighted by Crippen LogP contribution is 2.49. The number of fused-ring (bicyclic) bond motifs is 3. The first-order valence-corrected chi connectivity index (χ1v) is 13.5. The first-order chi connectivity index (χ1) is 17.4. The van der Waals surface area contributed by atoms with Crippen LogP contribution in [0, 0.1) is 0 Å². The van der Waals surface area contributed by atoms with E-state index in [4.69, 9.17) is 9.97 Å². The van der Waals surface area contributed by atoms with Crippen LogP contribution in [0.3, 0.4) is 0 Å². The van der Waals surface area contributed by atoms with Crippen molar-refractivity contribution in [2.45, 2.75) is 62.9 Å². The molecule has 2 aliphatic carbocycles. The van der Waals surface area contributed by atoms with Crippen LogP contribution in [0.1, 0.15) is 62.4 Å². The van der Waals surface area contributed by atoms with E-state index in [1.54, 1.807) is 15.6 Å². The van der Waals surface area contributed by atoms with Crippen LogP contribution >= 0.6 is 11.3 Å². The second-order valence-electron chi connectivity index (χ2n) is 10.7. The summed E-state index contributed by atoms with van der Waals surface area (Å²) in [6.45, 7) is 4.49. The lowest BCUT2D eigenvalue weighted by Crippen LogP contribution is -2.36. The molecule has 0 amide bonds. The summed E-state index contributed by atoms with van der Waals surface area (Å²) >= 11 is 1.41. The Bertz CT molecular complexity index is 1560. The number of thiazole rings is 1. The molecule has 36 heavy (non-hydrogen) atoms. The van der Waals surface area contributed by atoms with E-state index in [0.717, 1.165) is 37.2 Å². The van der Waals surface area contributed by atoms with Gasteiger partial charge in [0.25, 0.3) is 5.56 Å². The zero-order chi connectivity index (χ0) is 24.7. The lowest BCUT2D eigenvalue weighted by atomic mass is 9.92. The maximum Gasteiger partial charge on any atom is 0.278 e. The van der Waals surface area contributed by atoms with Crippen molar-refractivity contribution in [2.24, 2.45) is 0 Å². The number of halogens is 1. The Hall–Kier alpha value is -3.11. The average Bonchev–Trinajstić information content (AvgIpc) is 3.76. The molecule has 1 aliphatic heterocycles. The largest absolute Gasteiger partial charge is 0.324 e. The third-order valence-corrected chi connectivity index (χ3v) is 8.74. The Labute approximate surface area is 211 Å². The monoisotopic (exact) mass is 505 g/mol.